The van der Waals surface area contributed by atoms with Crippen LogP contribution in [-0.4, -0.2) is 33.8 Å². The Balaban J connectivity index is 1.99. The van der Waals surface area contributed by atoms with Crippen LogP contribution in [0, 0.1) is 6.92 Å². The quantitative estimate of drug-likeness (QED) is 0.840. The number of anilines is 1. The first-order chi connectivity index (χ1) is 9.95. The Morgan fingerprint density at radius 2 is 2.19 bits per heavy atom. The third-order valence-corrected chi connectivity index (χ3v) is 2.80. The molecule has 0 saturated heterocycles. The van der Waals surface area contributed by atoms with Crippen LogP contribution in [0.25, 0.3) is 0 Å². The molecule has 0 bridgehead atoms. The molecule has 1 heterocycles. The molecule has 0 aliphatic carbocycles. The van der Waals surface area contributed by atoms with E-state index in [1.54, 1.807) is 13.0 Å². The number of carboxylic acids is 1. The third-order valence-electron chi connectivity index (χ3n) is 2.30. The molecule has 9 heteroatoms. The molecule has 0 unspecified atom stereocenters. The normalized spacial score (nSPS) is 10.2. The molecule has 0 spiro atoms. The molecule has 1 aromatic heterocycles. The zero-order chi connectivity index (χ0) is 15.4. The number of carbonyl (C=O) groups is 2. The smallest absolute Gasteiger partial charge is 0.339 e. The van der Waals surface area contributed by atoms with Gasteiger partial charge in [-0.2, -0.15) is 0 Å². The van der Waals surface area contributed by atoms with Gasteiger partial charge in [0, 0.05) is 11.4 Å². The van der Waals surface area contributed by atoms with Gasteiger partial charge in [0.1, 0.15) is 11.3 Å². The van der Waals surface area contributed by atoms with Gasteiger partial charge in [0.25, 0.3) is 5.91 Å². The Kier molecular flexibility index (Phi) is 4.53. The van der Waals surface area contributed by atoms with Crippen molar-refractivity contribution in [2.24, 2.45) is 0 Å². The molecule has 0 aliphatic heterocycles. The highest BCUT2D eigenvalue weighted by molar-refractivity contribution is 9.10. The number of aryl methyl sites for hydroxylation is 1. The summed E-state index contributed by atoms with van der Waals surface area (Å²) < 4.78 is 10.8. The van der Waals surface area contributed by atoms with Crippen LogP contribution in [0.4, 0.5) is 6.01 Å². The van der Waals surface area contributed by atoms with Gasteiger partial charge in [-0.3, -0.25) is 10.1 Å². The fraction of sp³-hybridized carbons (Fsp3) is 0.167. The average molecular weight is 356 g/mol. The van der Waals surface area contributed by atoms with E-state index in [2.05, 4.69) is 31.4 Å². The number of halogens is 1. The molecule has 1 amide bonds. The number of benzene rings is 1. The number of amides is 1. The molecule has 2 N–H and O–H groups in total. The van der Waals surface area contributed by atoms with Crippen molar-refractivity contribution in [2.45, 2.75) is 6.92 Å². The highest BCUT2D eigenvalue weighted by Crippen LogP contribution is 2.23. The molecule has 8 nitrogen and oxygen atoms in total. The molecular weight excluding hydrogens is 346 g/mol. The predicted octanol–water partition coefficient (Wildman–Crippen LogP) is 1.86. The van der Waals surface area contributed by atoms with Crippen molar-refractivity contribution in [1.29, 1.82) is 0 Å². The monoisotopic (exact) mass is 355 g/mol. The molecule has 0 fully saturated rings. The van der Waals surface area contributed by atoms with E-state index in [1.807, 2.05) is 0 Å². The summed E-state index contributed by atoms with van der Waals surface area (Å²) in [6.45, 7) is 1.20. The lowest BCUT2D eigenvalue weighted by Gasteiger charge is -2.08. The van der Waals surface area contributed by atoms with Gasteiger partial charge in [-0.25, -0.2) is 4.79 Å². The number of carboxylic acid groups (broad SMARTS) is 1. The first-order valence-corrected chi connectivity index (χ1v) is 6.50. The molecule has 0 aliphatic rings. The van der Waals surface area contributed by atoms with Gasteiger partial charge in [-0.05, 0) is 18.2 Å². The average Bonchev–Trinajstić information content (AvgIpc) is 2.82. The molecule has 2 rings (SSSR count). The maximum absolute atomic E-state index is 11.6. The van der Waals surface area contributed by atoms with Crippen LogP contribution >= 0.6 is 15.9 Å². The fourth-order valence-electron chi connectivity index (χ4n) is 1.44. The van der Waals surface area contributed by atoms with Crippen LogP contribution in [0.15, 0.2) is 27.1 Å². The van der Waals surface area contributed by atoms with E-state index in [9.17, 15) is 9.59 Å². The summed E-state index contributed by atoms with van der Waals surface area (Å²) in [5, 5.41) is 18.5. The third kappa shape index (κ3) is 4.02. The topological polar surface area (TPSA) is 115 Å². The van der Waals surface area contributed by atoms with Crippen LogP contribution in [-0.2, 0) is 4.79 Å². The molecule has 110 valence electrons. The SMILES string of the molecule is Cc1nnc(NC(=O)COc2ccc(Br)cc2C(=O)O)o1. The molecule has 0 atom stereocenters. The zero-order valence-corrected chi connectivity index (χ0v) is 12.4. The number of ether oxygens (including phenoxy) is 1. The molecule has 2 aromatic rings. The number of nitrogens with one attached hydrogen (secondary N) is 1. The number of carbonyl (C=O) groups excluding carboxylic acids is 1. The van der Waals surface area contributed by atoms with Gasteiger partial charge in [0.05, 0.1) is 0 Å². The number of nitrogens with zero attached hydrogens (tertiary/aromatic N) is 2. The molecule has 21 heavy (non-hydrogen) atoms. The van der Waals surface area contributed by atoms with Crippen molar-refractivity contribution in [1.82, 2.24) is 10.2 Å². The first kappa shape index (κ1) is 15.0. The summed E-state index contributed by atoms with van der Waals surface area (Å²) in [6, 6.07) is 4.41. The van der Waals surface area contributed by atoms with E-state index >= 15 is 0 Å². The second-order valence-electron chi connectivity index (χ2n) is 3.91. The Bertz CT molecular complexity index is 685. The molecule has 0 saturated carbocycles. The van der Waals surface area contributed by atoms with Crippen molar-refractivity contribution in [3.8, 4) is 5.75 Å². The minimum atomic E-state index is -1.15. The van der Waals surface area contributed by atoms with Crippen LogP contribution in [0.3, 0.4) is 0 Å². The van der Waals surface area contributed by atoms with Gasteiger partial charge in [-0.1, -0.05) is 21.0 Å². The lowest BCUT2D eigenvalue weighted by Crippen LogP contribution is -2.21. The summed E-state index contributed by atoms with van der Waals surface area (Å²) in [5.74, 6) is -1.30. The highest BCUT2D eigenvalue weighted by atomic mass is 79.9. The van der Waals surface area contributed by atoms with Gasteiger partial charge in [-0.15, -0.1) is 5.10 Å². The standard InChI is InChI=1S/C12H10BrN3O5/c1-6-15-16-12(21-6)14-10(17)5-20-9-3-2-7(13)4-8(9)11(18)19/h2-4H,5H2,1H3,(H,18,19)(H,14,16,17). The predicted molar refractivity (Wildman–Crippen MR) is 74.3 cm³/mol. The van der Waals surface area contributed by atoms with Crippen molar-refractivity contribution in [3.05, 3.63) is 34.1 Å². The summed E-state index contributed by atoms with van der Waals surface area (Å²) in [5.41, 5.74) is -0.0502. The maximum Gasteiger partial charge on any atom is 0.339 e. The minimum Gasteiger partial charge on any atom is -0.483 e. The van der Waals surface area contributed by atoms with E-state index < -0.39 is 11.9 Å². The van der Waals surface area contributed by atoms with Crippen molar-refractivity contribution in [3.63, 3.8) is 0 Å². The van der Waals surface area contributed by atoms with Gasteiger partial charge >= 0.3 is 12.0 Å². The van der Waals surface area contributed by atoms with Crippen LogP contribution < -0.4 is 10.1 Å². The zero-order valence-electron chi connectivity index (χ0n) is 10.8. The second kappa shape index (κ2) is 6.35. The van der Waals surface area contributed by atoms with Gasteiger partial charge in [0.15, 0.2) is 6.61 Å². The molecule has 1 aromatic carbocycles. The first-order valence-electron chi connectivity index (χ1n) is 5.71. The summed E-state index contributed by atoms with van der Waals surface area (Å²) in [6.07, 6.45) is 0. The largest absolute Gasteiger partial charge is 0.483 e. The Hall–Kier alpha value is -2.42. The number of aromatic carboxylic acids is 1. The van der Waals surface area contributed by atoms with Crippen molar-refractivity contribution in [2.75, 3.05) is 11.9 Å². The minimum absolute atomic E-state index is 0.0460. The number of aromatic nitrogens is 2. The van der Waals surface area contributed by atoms with E-state index in [1.165, 1.54) is 12.1 Å². The fourth-order valence-corrected chi connectivity index (χ4v) is 1.80. The Morgan fingerprint density at radius 1 is 1.43 bits per heavy atom. The summed E-state index contributed by atoms with van der Waals surface area (Å²) in [7, 11) is 0. The van der Waals surface area contributed by atoms with E-state index in [4.69, 9.17) is 14.3 Å². The van der Waals surface area contributed by atoms with E-state index in [0.29, 0.717) is 10.4 Å². The van der Waals surface area contributed by atoms with Crippen molar-refractivity contribution < 1.29 is 23.8 Å². The van der Waals surface area contributed by atoms with Crippen LogP contribution in [0.1, 0.15) is 16.2 Å². The Morgan fingerprint density at radius 3 is 2.81 bits per heavy atom. The molecule has 0 radical (unpaired) electrons. The Labute approximate surface area is 127 Å². The number of rotatable bonds is 5. The number of hydrogen-bond acceptors (Lipinski definition) is 6. The summed E-state index contributed by atoms with van der Waals surface area (Å²) in [4.78, 5) is 22.7. The lowest BCUT2D eigenvalue weighted by molar-refractivity contribution is -0.118. The summed E-state index contributed by atoms with van der Waals surface area (Å²) >= 11 is 3.17. The van der Waals surface area contributed by atoms with Gasteiger partial charge in [0.2, 0.25) is 5.89 Å². The van der Waals surface area contributed by atoms with E-state index in [-0.39, 0.29) is 23.9 Å². The molecular formula is C12H10BrN3O5. The highest BCUT2D eigenvalue weighted by Gasteiger charge is 2.14. The lowest BCUT2D eigenvalue weighted by atomic mass is 10.2. The second-order valence-corrected chi connectivity index (χ2v) is 4.82. The van der Waals surface area contributed by atoms with E-state index in [0.717, 1.165) is 0 Å². The van der Waals surface area contributed by atoms with Crippen molar-refractivity contribution >= 4 is 33.8 Å². The van der Waals surface area contributed by atoms with Crippen LogP contribution in [0.2, 0.25) is 0 Å². The number of hydrogen-bond donors (Lipinski definition) is 2. The van der Waals surface area contributed by atoms with Crippen LogP contribution in [0.5, 0.6) is 5.75 Å². The van der Waals surface area contributed by atoms with Gasteiger partial charge < -0.3 is 14.3 Å². The maximum atomic E-state index is 11.6.